The molecule has 1 saturated heterocycles. The monoisotopic (exact) mass is 630 g/mol. The standard InChI is InChI=1S/C32H25F3N6O3S/c1-19-4-6-21(7-5-19)29-25(15-22(16-37-29)32(33,34)35)40-30(43)39-23-10-13-27(36-17-23)44-24-11-8-20(9-12-24)26-18-38-31(45-26)41-14-2-3-28(41)42/h4-13,15-18H,2-3,14H2,1H3,(H2,39,40,43). The van der Waals surface area contributed by atoms with E-state index in [1.807, 2.05) is 19.1 Å². The van der Waals surface area contributed by atoms with Crippen LogP contribution in [0.3, 0.4) is 0 Å². The number of amides is 3. The number of urea groups is 1. The van der Waals surface area contributed by atoms with Gasteiger partial charge in [-0.05, 0) is 55.3 Å². The van der Waals surface area contributed by atoms with Gasteiger partial charge < -0.3 is 15.4 Å². The van der Waals surface area contributed by atoms with E-state index < -0.39 is 17.8 Å². The number of hydrogen-bond acceptors (Lipinski definition) is 7. The number of carbonyl (C=O) groups excluding carboxylic acids is 2. The Balaban J connectivity index is 1.09. The van der Waals surface area contributed by atoms with Crippen LogP contribution >= 0.6 is 11.3 Å². The summed E-state index contributed by atoms with van der Waals surface area (Å²) in [5, 5.41) is 5.75. The van der Waals surface area contributed by atoms with Gasteiger partial charge in [0.1, 0.15) is 5.75 Å². The van der Waals surface area contributed by atoms with E-state index in [2.05, 4.69) is 25.6 Å². The number of carbonyl (C=O) groups is 2. The van der Waals surface area contributed by atoms with Crippen molar-refractivity contribution in [3.05, 3.63) is 96.4 Å². The highest BCUT2D eigenvalue weighted by molar-refractivity contribution is 7.19. The van der Waals surface area contributed by atoms with Crippen molar-refractivity contribution in [2.75, 3.05) is 22.1 Å². The first kappa shape index (κ1) is 29.8. The molecule has 0 unspecified atom stereocenters. The Hall–Kier alpha value is -5.30. The number of benzene rings is 2. The van der Waals surface area contributed by atoms with Crippen LogP contribution in [0.25, 0.3) is 21.7 Å². The number of halogens is 3. The third-order valence-corrected chi connectivity index (χ3v) is 8.01. The minimum Gasteiger partial charge on any atom is -0.439 e. The molecule has 6 rings (SSSR count). The van der Waals surface area contributed by atoms with Gasteiger partial charge >= 0.3 is 12.2 Å². The van der Waals surface area contributed by atoms with E-state index in [0.29, 0.717) is 35.1 Å². The van der Waals surface area contributed by atoms with E-state index in [4.69, 9.17) is 4.74 Å². The van der Waals surface area contributed by atoms with Gasteiger partial charge in [-0.25, -0.2) is 14.8 Å². The number of anilines is 3. The molecule has 0 spiro atoms. The van der Waals surface area contributed by atoms with Crippen molar-refractivity contribution < 1.29 is 27.5 Å². The number of hydrogen-bond donors (Lipinski definition) is 2. The maximum atomic E-state index is 13.4. The number of pyridine rings is 2. The molecular weight excluding hydrogens is 605 g/mol. The lowest BCUT2D eigenvalue weighted by Crippen LogP contribution is -2.23. The highest BCUT2D eigenvalue weighted by Gasteiger charge is 2.32. The Kier molecular flexibility index (Phi) is 8.18. The first-order chi connectivity index (χ1) is 21.6. The molecule has 0 saturated carbocycles. The third-order valence-electron chi connectivity index (χ3n) is 6.94. The Morgan fingerprint density at radius 3 is 2.33 bits per heavy atom. The van der Waals surface area contributed by atoms with Gasteiger partial charge in [-0.1, -0.05) is 41.2 Å². The molecule has 1 aliphatic rings. The summed E-state index contributed by atoms with van der Waals surface area (Å²) in [6.07, 6.45) is 0.607. The normalized spacial score (nSPS) is 13.2. The molecule has 0 radical (unpaired) electrons. The van der Waals surface area contributed by atoms with Gasteiger partial charge in [-0.3, -0.25) is 14.7 Å². The number of rotatable bonds is 7. The minimum atomic E-state index is -4.63. The van der Waals surface area contributed by atoms with Gasteiger partial charge in [0.2, 0.25) is 11.8 Å². The summed E-state index contributed by atoms with van der Waals surface area (Å²) in [5.41, 5.74) is 1.86. The fourth-order valence-corrected chi connectivity index (χ4v) is 5.60. The molecule has 9 nitrogen and oxygen atoms in total. The molecule has 13 heteroatoms. The molecule has 2 aromatic carbocycles. The molecule has 0 aliphatic carbocycles. The topological polar surface area (TPSA) is 109 Å². The van der Waals surface area contributed by atoms with Gasteiger partial charge in [0.15, 0.2) is 5.13 Å². The van der Waals surface area contributed by atoms with Crippen molar-refractivity contribution >= 4 is 39.8 Å². The zero-order valence-electron chi connectivity index (χ0n) is 23.8. The molecule has 0 atom stereocenters. The van der Waals surface area contributed by atoms with Crippen LogP contribution in [0.1, 0.15) is 24.0 Å². The summed E-state index contributed by atoms with van der Waals surface area (Å²) in [4.78, 5) is 40.0. The molecule has 228 valence electrons. The lowest BCUT2D eigenvalue weighted by molar-refractivity contribution is -0.137. The third kappa shape index (κ3) is 6.93. The van der Waals surface area contributed by atoms with Gasteiger partial charge in [-0.15, -0.1) is 0 Å². The molecule has 5 aromatic rings. The first-order valence-corrected chi connectivity index (χ1v) is 14.7. The minimum absolute atomic E-state index is 0.0919. The summed E-state index contributed by atoms with van der Waals surface area (Å²) in [5.74, 6) is 0.893. The number of thiazole rings is 1. The van der Waals surface area contributed by atoms with E-state index in [1.54, 1.807) is 59.6 Å². The van der Waals surface area contributed by atoms with Crippen LogP contribution in [0, 0.1) is 6.92 Å². The van der Waals surface area contributed by atoms with Gasteiger partial charge in [-0.2, -0.15) is 13.2 Å². The Morgan fingerprint density at radius 2 is 1.67 bits per heavy atom. The highest BCUT2D eigenvalue weighted by atomic mass is 32.1. The average molecular weight is 631 g/mol. The molecular formula is C32H25F3N6O3S. The number of aryl methyl sites for hydroxylation is 1. The molecule has 45 heavy (non-hydrogen) atoms. The molecule has 1 aliphatic heterocycles. The molecule has 3 aromatic heterocycles. The summed E-state index contributed by atoms with van der Waals surface area (Å²) in [6.45, 7) is 2.57. The second-order valence-electron chi connectivity index (χ2n) is 10.2. The van der Waals surface area contributed by atoms with Crippen LogP contribution in [0.2, 0.25) is 0 Å². The summed E-state index contributed by atoms with van der Waals surface area (Å²) >= 11 is 1.45. The summed E-state index contributed by atoms with van der Waals surface area (Å²) in [7, 11) is 0. The van der Waals surface area contributed by atoms with Crippen molar-refractivity contribution in [2.24, 2.45) is 0 Å². The van der Waals surface area contributed by atoms with Crippen LogP contribution in [-0.2, 0) is 11.0 Å². The Morgan fingerprint density at radius 1 is 0.911 bits per heavy atom. The lowest BCUT2D eigenvalue weighted by atomic mass is 10.1. The van der Waals surface area contributed by atoms with E-state index in [9.17, 15) is 22.8 Å². The van der Waals surface area contributed by atoms with E-state index in [1.165, 1.54) is 17.5 Å². The Bertz CT molecular complexity index is 1840. The molecule has 3 amide bonds. The predicted molar refractivity (Wildman–Crippen MR) is 166 cm³/mol. The van der Waals surface area contributed by atoms with Crippen LogP contribution < -0.4 is 20.3 Å². The van der Waals surface area contributed by atoms with E-state index in [0.717, 1.165) is 34.7 Å². The SMILES string of the molecule is Cc1ccc(-c2ncc(C(F)(F)F)cc2NC(=O)Nc2ccc(Oc3ccc(-c4cnc(N5CCCC5=O)s4)cc3)nc2)cc1. The van der Waals surface area contributed by atoms with Crippen LogP contribution in [0.5, 0.6) is 11.6 Å². The largest absolute Gasteiger partial charge is 0.439 e. The van der Waals surface area contributed by atoms with Crippen molar-refractivity contribution in [3.8, 4) is 33.3 Å². The zero-order chi connectivity index (χ0) is 31.6. The van der Waals surface area contributed by atoms with Gasteiger partial charge in [0, 0.05) is 37.0 Å². The first-order valence-electron chi connectivity index (χ1n) is 13.9. The smallest absolute Gasteiger partial charge is 0.417 e. The van der Waals surface area contributed by atoms with E-state index in [-0.39, 0.29) is 23.2 Å². The quantitative estimate of drug-likeness (QED) is 0.188. The number of nitrogens with zero attached hydrogens (tertiary/aromatic N) is 4. The van der Waals surface area contributed by atoms with Crippen molar-refractivity contribution in [1.29, 1.82) is 0 Å². The number of aromatic nitrogens is 3. The average Bonchev–Trinajstić information content (AvgIpc) is 3.68. The number of ether oxygens (including phenoxy) is 1. The van der Waals surface area contributed by atoms with E-state index >= 15 is 0 Å². The molecule has 1 fully saturated rings. The molecule has 4 heterocycles. The van der Waals surface area contributed by atoms with Crippen molar-refractivity contribution in [3.63, 3.8) is 0 Å². The van der Waals surface area contributed by atoms with Crippen molar-refractivity contribution in [2.45, 2.75) is 25.9 Å². The summed E-state index contributed by atoms with van der Waals surface area (Å²) < 4.78 is 46.0. The predicted octanol–water partition coefficient (Wildman–Crippen LogP) is 8.16. The van der Waals surface area contributed by atoms with Crippen molar-refractivity contribution in [1.82, 2.24) is 15.0 Å². The van der Waals surface area contributed by atoms with Crippen LogP contribution in [-0.4, -0.2) is 33.4 Å². The Labute approximate surface area is 259 Å². The molecule has 2 N–H and O–H groups in total. The fourth-order valence-electron chi connectivity index (χ4n) is 4.64. The van der Waals surface area contributed by atoms with Crippen LogP contribution in [0.15, 0.2) is 85.3 Å². The fraction of sp³-hybridized carbons (Fsp3) is 0.156. The molecule has 0 bridgehead atoms. The van der Waals surface area contributed by atoms with Crippen LogP contribution in [0.4, 0.5) is 34.5 Å². The second-order valence-corrected chi connectivity index (χ2v) is 11.2. The number of nitrogens with one attached hydrogen (secondary N) is 2. The lowest BCUT2D eigenvalue weighted by Gasteiger charge is -2.15. The zero-order valence-corrected chi connectivity index (χ0v) is 24.6. The maximum absolute atomic E-state index is 13.4. The number of alkyl halides is 3. The second kappa shape index (κ2) is 12.4. The highest BCUT2D eigenvalue weighted by Crippen LogP contribution is 2.36. The van der Waals surface area contributed by atoms with Gasteiger partial charge in [0.05, 0.1) is 33.7 Å². The maximum Gasteiger partial charge on any atom is 0.417 e. The van der Waals surface area contributed by atoms with Gasteiger partial charge in [0.25, 0.3) is 0 Å². The summed E-state index contributed by atoms with van der Waals surface area (Å²) in [6, 6.07) is 17.6.